The van der Waals surface area contributed by atoms with E-state index in [1.165, 1.54) is 11.8 Å². The average Bonchev–Trinajstić information content (AvgIpc) is 3.16. The Morgan fingerprint density at radius 2 is 2.17 bits per heavy atom. The van der Waals surface area contributed by atoms with Gasteiger partial charge in [-0.25, -0.2) is 8.42 Å². The lowest BCUT2D eigenvalue weighted by Gasteiger charge is -2.23. The van der Waals surface area contributed by atoms with Gasteiger partial charge in [-0.2, -0.15) is 0 Å². The first kappa shape index (κ1) is 16.8. The third-order valence-electron chi connectivity index (χ3n) is 4.28. The highest BCUT2D eigenvalue weighted by atomic mass is 32.2. The van der Waals surface area contributed by atoms with Crippen molar-refractivity contribution in [2.24, 2.45) is 0 Å². The van der Waals surface area contributed by atoms with Gasteiger partial charge >= 0.3 is 0 Å². The molecule has 23 heavy (non-hydrogen) atoms. The summed E-state index contributed by atoms with van der Waals surface area (Å²) in [6.45, 7) is 4.63. The minimum absolute atomic E-state index is 0.0212. The molecule has 0 spiro atoms. The van der Waals surface area contributed by atoms with Crippen LogP contribution >= 0.6 is 11.8 Å². The van der Waals surface area contributed by atoms with Gasteiger partial charge in [0, 0.05) is 12.5 Å². The van der Waals surface area contributed by atoms with Crippen molar-refractivity contribution in [3.63, 3.8) is 0 Å². The van der Waals surface area contributed by atoms with Crippen LogP contribution in [0.4, 0.5) is 0 Å². The average molecular weight is 358 g/mol. The summed E-state index contributed by atoms with van der Waals surface area (Å²) in [5.41, 5.74) is -0.645. The van der Waals surface area contributed by atoms with Gasteiger partial charge in [0.05, 0.1) is 22.8 Å². The highest BCUT2D eigenvalue weighted by Gasteiger charge is 2.39. The molecule has 1 atom stereocenters. The molecule has 3 rings (SSSR count). The van der Waals surface area contributed by atoms with Crippen molar-refractivity contribution in [2.45, 2.75) is 56.3 Å². The molecule has 9 heteroatoms. The second-order valence-corrected chi connectivity index (χ2v) is 9.73. The second kappa shape index (κ2) is 6.08. The summed E-state index contributed by atoms with van der Waals surface area (Å²) in [7, 11) is -3.02. The van der Waals surface area contributed by atoms with Gasteiger partial charge in [0.25, 0.3) is 0 Å². The van der Waals surface area contributed by atoms with Crippen molar-refractivity contribution in [1.82, 2.24) is 20.1 Å². The largest absolute Gasteiger partial charge is 0.349 e. The maximum atomic E-state index is 12.2. The normalized spacial score (nSPS) is 26.3. The highest BCUT2D eigenvalue weighted by Crippen LogP contribution is 2.39. The smallest absolute Gasteiger partial charge is 0.230 e. The zero-order valence-corrected chi connectivity index (χ0v) is 15.0. The van der Waals surface area contributed by atoms with E-state index in [2.05, 4.69) is 20.1 Å². The van der Waals surface area contributed by atoms with E-state index in [1.807, 2.05) is 6.92 Å². The zero-order chi connectivity index (χ0) is 16.7. The van der Waals surface area contributed by atoms with E-state index in [-0.39, 0.29) is 23.2 Å². The van der Waals surface area contributed by atoms with Crippen LogP contribution in [-0.4, -0.2) is 51.9 Å². The number of amides is 1. The highest BCUT2D eigenvalue weighted by molar-refractivity contribution is 7.99. The van der Waals surface area contributed by atoms with Crippen LogP contribution in [0.15, 0.2) is 5.16 Å². The number of rotatable bonds is 6. The molecule has 1 aromatic rings. The first-order valence-electron chi connectivity index (χ1n) is 7.89. The molecule has 1 saturated heterocycles. The minimum atomic E-state index is -3.02. The fraction of sp³-hybridized carbons (Fsp3) is 0.786. The van der Waals surface area contributed by atoms with Crippen LogP contribution in [0.1, 0.15) is 44.9 Å². The number of nitrogens with zero attached hydrogens (tertiary/aromatic N) is 3. The molecule has 0 bridgehead atoms. The fourth-order valence-corrected chi connectivity index (χ4v) is 5.86. The van der Waals surface area contributed by atoms with Gasteiger partial charge in [-0.1, -0.05) is 11.8 Å². The van der Waals surface area contributed by atoms with Crippen molar-refractivity contribution in [3.8, 4) is 0 Å². The molecular weight excluding hydrogens is 336 g/mol. The van der Waals surface area contributed by atoms with Crippen LogP contribution in [0.25, 0.3) is 0 Å². The van der Waals surface area contributed by atoms with E-state index in [9.17, 15) is 13.2 Å². The molecule has 1 aromatic heterocycles. The fourth-order valence-electron chi connectivity index (χ4n) is 2.96. The van der Waals surface area contributed by atoms with E-state index in [0.29, 0.717) is 12.3 Å². The van der Waals surface area contributed by atoms with Crippen LogP contribution in [0.2, 0.25) is 0 Å². The molecule has 1 N–H and O–H groups in total. The van der Waals surface area contributed by atoms with Gasteiger partial charge in [-0.3, -0.25) is 4.79 Å². The molecule has 2 fully saturated rings. The van der Waals surface area contributed by atoms with Crippen molar-refractivity contribution >= 4 is 27.5 Å². The molecule has 128 valence electrons. The molecule has 1 aliphatic heterocycles. The SMILES string of the molecule is CCn1c(SCC(=O)N[C@@]2(C)CCS(=O)(=O)C2)nnc1C1CC1. The van der Waals surface area contributed by atoms with Crippen LogP contribution in [0.3, 0.4) is 0 Å². The molecule has 1 amide bonds. The quantitative estimate of drug-likeness (QED) is 0.761. The second-order valence-electron chi connectivity index (χ2n) is 6.60. The summed E-state index contributed by atoms with van der Waals surface area (Å²) < 4.78 is 25.2. The first-order chi connectivity index (χ1) is 10.8. The summed E-state index contributed by atoms with van der Waals surface area (Å²) in [4.78, 5) is 12.2. The molecule has 1 aliphatic carbocycles. The van der Waals surface area contributed by atoms with Crippen LogP contribution in [0, 0.1) is 0 Å². The summed E-state index contributed by atoms with van der Waals surface area (Å²) in [5.74, 6) is 1.77. The molecule has 1 saturated carbocycles. The first-order valence-corrected chi connectivity index (χ1v) is 10.7. The lowest BCUT2D eigenvalue weighted by Crippen LogP contribution is -2.47. The molecular formula is C14H22N4O3S2. The van der Waals surface area contributed by atoms with Crippen molar-refractivity contribution in [1.29, 1.82) is 0 Å². The lowest BCUT2D eigenvalue weighted by molar-refractivity contribution is -0.120. The van der Waals surface area contributed by atoms with Crippen molar-refractivity contribution < 1.29 is 13.2 Å². The van der Waals surface area contributed by atoms with Crippen molar-refractivity contribution in [2.75, 3.05) is 17.3 Å². The van der Waals surface area contributed by atoms with Gasteiger partial charge in [0.15, 0.2) is 15.0 Å². The number of aromatic nitrogens is 3. The number of thioether (sulfide) groups is 1. The Hall–Kier alpha value is -1.09. The van der Waals surface area contributed by atoms with E-state index in [1.54, 1.807) is 6.92 Å². The Balaban J connectivity index is 1.57. The lowest BCUT2D eigenvalue weighted by atomic mass is 10.0. The topological polar surface area (TPSA) is 94.0 Å². The zero-order valence-electron chi connectivity index (χ0n) is 13.4. The number of sulfone groups is 1. The summed E-state index contributed by atoms with van der Waals surface area (Å²) in [6, 6.07) is 0. The van der Waals surface area contributed by atoms with Crippen LogP contribution in [-0.2, 0) is 21.2 Å². The Morgan fingerprint density at radius 3 is 2.74 bits per heavy atom. The molecule has 7 nitrogen and oxygen atoms in total. The third kappa shape index (κ3) is 3.88. The summed E-state index contributed by atoms with van der Waals surface area (Å²) in [6.07, 6.45) is 2.80. The van der Waals surface area contributed by atoms with Crippen molar-refractivity contribution in [3.05, 3.63) is 5.82 Å². The van der Waals surface area contributed by atoms with E-state index in [4.69, 9.17) is 0 Å². The van der Waals surface area contributed by atoms with Gasteiger partial charge in [0.2, 0.25) is 5.91 Å². The van der Waals surface area contributed by atoms with Crippen LogP contribution in [0.5, 0.6) is 0 Å². The van der Waals surface area contributed by atoms with E-state index < -0.39 is 15.4 Å². The predicted octanol–water partition coefficient (Wildman–Crippen LogP) is 0.961. The van der Waals surface area contributed by atoms with E-state index in [0.717, 1.165) is 30.4 Å². The van der Waals surface area contributed by atoms with Gasteiger partial charge in [-0.05, 0) is 33.1 Å². The maximum Gasteiger partial charge on any atom is 0.230 e. The predicted molar refractivity (Wildman–Crippen MR) is 88.2 cm³/mol. The number of nitrogens with one attached hydrogen (secondary N) is 1. The summed E-state index contributed by atoms with van der Waals surface area (Å²) in [5, 5.41) is 12.1. The Morgan fingerprint density at radius 1 is 1.43 bits per heavy atom. The maximum absolute atomic E-state index is 12.2. The Bertz CT molecular complexity index is 712. The van der Waals surface area contributed by atoms with Crippen LogP contribution < -0.4 is 5.32 Å². The Kier molecular flexibility index (Phi) is 4.43. The monoisotopic (exact) mass is 358 g/mol. The van der Waals surface area contributed by atoms with Gasteiger partial charge < -0.3 is 9.88 Å². The molecule has 0 unspecified atom stereocenters. The number of hydrogen-bond donors (Lipinski definition) is 1. The Labute approximate surface area is 140 Å². The molecule has 2 aliphatic rings. The van der Waals surface area contributed by atoms with Gasteiger partial charge in [0.1, 0.15) is 5.82 Å². The summed E-state index contributed by atoms with van der Waals surface area (Å²) >= 11 is 1.36. The molecule has 2 heterocycles. The van der Waals surface area contributed by atoms with E-state index >= 15 is 0 Å². The molecule has 0 radical (unpaired) electrons. The number of carbonyl (C=O) groups is 1. The van der Waals surface area contributed by atoms with Gasteiger partial charge in [-0.15, -0.1) is 10.2 Å². The third-order valence-corrected chi connectivity index (χ3v) is 7.15. The molecule has 0 aromatic carbocycles. The standard InChI is InChI=1S/C14H22N4O3S2/c1-3-18-12(10-4-5-10)16-17-13(18)22-8-11(19)15-14(2)6-7-23(20,21)9-14/h10H,3-9H2,1-2H3,(H,15,19)/t14-/m0/s1. The minimum Gasteiger partial charge on any atom is -0.349 e. The number of carbonyl (C=O) groups excluding carboxylic acids is 1. The number of hydrogen-bond acceptors (Lipinski definition) is 6.